The quantitative estimate of drug-likeness (QED) is 0.627. The van der Waals surface area contributed by atoms with Crippen LogP contribution < -0.4 is 9.47 Å². The lowest BCUT2D eigenvalue weighted by atomic mass is 10.2. The summed E-state index contributed by atoms with van der Waals surface area (Å²) in [5, 5.41) is 34.4. The van der Waals surface area contributed by atoms with Crippen molar-refractivity contribution in [2.75, 3.05) is 0 Å². The number of aromatic hydroxyl groups is 2. The molecule has 0 spiro atoms. The molecule has 10 heteroatoms. The Morgan fingerprint density at radius 2 is 1.23 bits per heavy atom. The Morgan fingerprint density at radius 3 is 1.73 bits per heavy atom. The van der Waals surface area contributed by atoms with E-state index in [1.807, 2.05) is 6.07 Å². The first-order chi connectivity index (χ1) is 12.3. The lowest BCUT2D eigenvalue weighted by molar-refractivity contribution is -0.0692. The zero-order chi connectivity index (χ0) is 19.7. The van der Waals surface area contributed by atoms with Gasteiger partial charge in [0.1, 0.15) is 0 Å². The minimum atomic E-state index is -3.19. The maximum absolute atomic E-state index is 11.9. The number of alkyl halides is 4. The van der Waals surface area contributed by atoms with E-state index >= 15 is 0 Å². The predicted octanol–water partition coefficient (Wildman–Crippen LogP) is 3.73. The van der Waals surface area contributed by atoms with Gasteiger partial charge in [0.2, 0.25) is 0 Å². The molecule has 0 aliphatic heterocycles. The van der Waals surface area contributed by atoms with Crippen LogP contribution >= 0.6 is 0 Å². The second kappa shape index (κ2) is 9.59. The average Bonchev–Trinajstić information content (AvgIpc) is 2.58. The minimum Gasteiger partial charge on any atom is -0.504 e. The van der Waals surface area contributed by atoms with Crippen LogP contribution in [0.2, 0.25) is 0 Å². The molecule has 0 radical (unpaired) electrons. The summed E-state index contributed by atoms with van der Waals surface area (Å²) in [6.45, 7) is -6.35. The predicted molar refractivity (Wildman–Crippen MR) is 78.9 cm³/mol. The third-order valence-corrected chi connectivity index (χ3v) is 2.61. The van der Waals surface area contributed by atoms with Crippen LogP contribution in [0, 0.1) is 22.7 Å². The molecule has 2 N–H and O–H groups in total. The molecule has 0 amide bonds. The molecule has 2 aromatic carbocycles. The Kier molecular flexibility index (Phi) is 7.52. The first-order valence-electron chi connectivity index (χ1n) is 6.62. The molecule has 2 aromatic rings. The summed E-state index contributed by atoms with van der Waals surface area (Å²) in [5.74, 6) is -1.62. The van der Waals surface area contributed by atoms with Gasteiger partial charge in [-0.15, -0.1) is 0 Å². The first kappa shape index (κ1) is 20.4. The summed E-state index contributed by atoms with van der Waals surface area (Å²) in [5.41, 5.74) is 0.326. The second-order valence-electron chi connectivity index (χ2n) is 4.35. The van der Waals surface area contributed by atoms with Crippen LogP contribution in [-0.4, -0.2) is 23.4 Å². The Labute approximate surface area is 144 Å². The van der Waals surface area contributed by atoms with Gasteiger partial charge in [0.05, 0.1) is 23.3 Å². The van der Waals surface area contributed by atoms with Crippen LogP contribution in [0.5, 0.6) is 23.0 Å². The van der Waals surface area contributed by atoms with Crippen molar-refractivity contribution in [3.63, 3.8) is 0 Å². The topological polar surface area (TPSA) is 106 Å². The van der Waals surface area contributed by atoms with Crippen molar-refractivity contribution < 1.29 is 37.2 Å². The summed E-state index contributed by atoms with van der Waals surface area (Å²) < 4.78 is 55.5. The van der Waals surface area contributed by atoms with Gasteiger partial charge in [-0.2, -0.15) is 28.1 Å². The normalized spacial score (nSPS) is 9.69. The molecule has 0 heterocycles. The van der Waals surface area contributed by atoms with Crippen LogP contribution in [0.3, 0.4) is 0 Å². The molecular weight excluding hydrogens is 360 g/mol. The lowest BCUT2D eigenvalue weighted by Gasteiger charge is -2.11. The largest absolute Gasteiger partial charge is 0.504 e. The maximum atomic E-state index is 11.9. The fourth-order valence-electron chi connectivity index (χ4n) is 1.55. The SMILES string of the molecule is N#Cc1ccc(O)c(O)c1.N#Cc1ccc(OC(F)F)c(OC(F)F)c1. The highest BCUT2D eigenvalue weighted by molar-refractivity contribution is 5.47. The molecule has 26 heavy (non-hydrogen) atoms. The molecule has 0 aromatic heterocycles. The Morgan fingerprint density at radius 1 is 0.731 bits per heavy atom. The molecule has 2 rings (SSSR count). The molecule has 0 aliphatic carbocycles. The van der Waals surface area contributed by atoms with Gasteiger partial charge in [-0.1, -0.05) is 0 Å². The van der Waals surface area contributed by atoms with E-state index in [9.17, 15) is 17.6 Å². The Balaban J connectivity index is 0.000000289. The van der Waals surface area contributed by atoms with Gasteiger partial charge in [-0.25, -0.2) is 0 Å². The number of hydrogen-bond acceptors (Lipinski definition) is 6. The molecule has 136 valence electrons. The number of phenols is 2. The molecule has 0 aliphatic rings. The van der Waals surface area contributed by atoms with Gasteiger partial charge in [0, 0.05) is 12.1 Å². The van der Waals surface area contributed by atoms with Gasteiger partial charge >= 0.3 is 13.2 Å². The molecule has 0 bridgehead atoms. The van der Waals surface area contributed by atoms with Gasteiger partial charge in [0.15, 0.2) is 23.0 Å². The molecule has 0 fully saturated rings. The average molecular weight is 370 g/mol. The second-order valence-corrected chi connectivity index (χ2v) is 4.35. The maximum Gasteiger partial charge on any atom is 0.387 e. The van der Waals surface area contributed by atoms with Crippen LogP contribution in [-0.2, 0) is 0 Å². The monoisotopic (exact) mass is 370 g/mol. The fourth-order valence-corrected chi connectivity index (χ4v) is 1.55. The highest BCUT2D eigenvalue weighted by Gasteiger charge is 2.15. The van der Waals surface area contributed by atoms with Crippen molar-refractivity contribution in [2.24, 2.45) is 0 Å². The number of halogens is 4. The van der Waals surface area contributed by atoms with Crippen molar-refractivity contribution in [2.45, 2.75) is 13.2 Å². The lowest BCUT2D eigenvalue weighted by Crippen LogP contribution is -2.07. The molecule has 6 nitrogen and oxygen atoms in total. The first-order valence-corrected chi connectivity index (χ1v) is 6.62. The van der Waals surface area contributed by atoms with Crippen molar-refractivity contribution in [1.29, 1.82) is 10.5 Å². The highest BCUT2D eigenvalue weighted by atomic mass is 19.3. The summed E-state index contributed by atoms with van der Waals surface area (Å²) in [6, 6.07) is 10.4. The van der Waals surface area contributed by atoms with Gasteiger partial charge in [0.25, 0.3) is 0 Å². The van der Waals surface area contributed by atoms with Crippen molar-refractivity contribution in [1.82, 2.24) is 0 Å². The molecule has 0 atom stereocenters. The third kappa shape index (κ3) is 6.45. The molecule has 0 saturated heterocycles. The number of hydrogen-bond donors (Lipinski definition) is 2. The van der Waals surface area contributed by atoms with Crippen LogP contribution in [0.4, 0.5) is 17.6 Å². The van der Waals surface area contributed by atoms with Gasteiger partial charge in [-0.05, 0) is 24.3 Å². The number of nitriles is 2. The molecule has 0 unspecified atom stereocenters. The number of ether oxygens (including phenoxy) is 2. The summed E-state index contributed by atoms with van der Waals surface area (Å²) in [7, 11) is 0. The van der Waals surface area contributed by atoms with E-state index in [0.29, 0.717) is 5.56 Å². The van der Waals surface area contributed by atoms with Gasteiger partial charge in [-0.3, -0.25) is 0 Å². The summed E-state index contributed by atoms with van der Waals surface area (Å²) in [6.07, 6.45) is 0. The smallest absolute Gasteiger partial charge is 0.387 e. The van der Waals surface area contributed by atoms with E-state index in [4.69, 9.17) is 20.7 Å². The molecule has 0 saturated carbocycles. The number of benzene rings is 2. The zero-order valence-corrected chi connectivity index (χ0v) is 12.7. The third-order valence-electron chi connectivity index (χ3n) is 2.61. The number of rotatable bonds is 4. The van der Waals surface area contributed by atoms with Crippen molar-refractivity contribution in [3.8, 4) is 35.1 Å². The number of phenolic OH excluding ortho intramolecular Hbond substituents is 2. The van der Waals surface area contributed by atoms with Crippen molar-refractivity contribution >= 4 is 0 Å². The van der Waals surface area contributed by atoms with E-state index < -0.39 is 24.7 Å². The Hall–Kier alpha value is -3.66. The van der Waals surface area contributed by atoms with Gasteiger partial charge < -0.3 is 19.7 Å². The van der Waals surface area contributed by atoms with E-state index in [-0.39, 0.29) is 17.1 Å². The minimum absolute atomic E-state index is 0.00253. The highest BCUT2D eigenvalue weighted by Crippen LogP contribution is 2.30. The van der Waals surface area contributed by atoms with Crippen LogP contribution in [0.1, 0.15) is 11.1 Å². The fraction of sp³-hybridized carbons (Fsp3) is 0.125. The summed E-state index contributed by atoms with van der Waals surface area (Å²) >= 11 is 0. The standard InChI is InChI=1S/C9H5F4NO2.C7H5NO2/c10-8(11)15-6-2-1-5(4-14)3-7(6)16-9(12)13;8-4-5-1-2-6(9)7(10)3-5/h1-3,8-9H;1-3,9-10H. The molecular formula is C16H10F4N2O4. The van der Waals surface area contributed by atoms with E-state index in [1.165, 1.54) is 18.2 Å². The van der Waals surface area contributed by atoms with E-state index in [1.54, 1.807) is 6.07 Å². The number of nitrogens with zero attached hydrogens (tertiary/aromatic N) is 2. The van der Waals surface area contributed by atoms with Crippen molar-refractivity contribution in [3.05, 3.63) is 47.5 Å². The zero-order valence-electron chi connectivity index (χ0n) is 12.7. The Bertz CT molecular complexity index is 832. The summed E-state index contributed by atoms with van der Waals surface area (Å²) in [4.78, 5) is 0. The van der Waals surface area contributed by atoms with E-state index in [2.05, 4.69) is 9.47 Å². The van der Waals surface area contributed by atoms with Crippen LogP contribution in [0.25, 0.3) is 0 Å². The van der Waals surface area contributed by atoms with E-state index in [0.717, 1.165) is 18.2 Å². The van der Waals surface area contributed by atoms with Crippen LogP contribution in [0.15, 0.2) is 36.4 Å².